The second-order valence-corrected chi connectivity index (χ2v) is 4.84. The van der Waals surface area contributed by atoms with Gasteiger partial charge in [-0.2, -0.15) is 0 Å². The van der Waals surface area contributed by atoms with Gasteiger partial charge in [-0.15, -0.1) is 0 Å². The average molecular weight is 261 g/mol. The number of hydrogen-bond acceptors (Lipinski definition) is 3. The summed E-state index contributed by atoms with van der Waals surface area (Å²) in [6.07, 6.45) is 0. The normalized spacial score (nSPS) is 16.4. The molecule has 0 radical (unpaired) electrons. The van der Waals surface area contributed by atoms with Gasteiger partial charge in [0.25, 0.3) is 5.91 Å². The first-order valence-electron chi connectivity index (χ1n) is 5.86. The standard InChI is InChI=1S/C13H15N3O3/c1-13(2)7-5-4-6-8(15-12(19)14-3)9(7)10(17)16-11(13)18/h4-6H,1-3H3,(H2,14,15,19)(H,16,17,18). The van der Waals surface area contributed by atoms with Crippen molar-refractivity contribution >= 4 is 23.5 Å². The van der Waals surface area contributed by atoms with Gasteiger partial charge in [0.2, 0.25) is 5.91 Å². The molecule has 6 heteroatoms. The summed E-state index contributed by atoms with van der Waals surface area (Å²) >= 11 is 0. The van der Waals surface area contributed by atoms with E-state index in [1.54, 1.807) is 32.0 Å². The van der Waals surface area contributed by atoms with E-state index in [0.29, 0.717) is 16.8 Å². The average Bonchev–Trinajstić information content (AvgIpc) is 2.36. The molecule has 0 bridgehead atoms. The molecule has 100 valence electrons. The highest BCUT2D eigenvalue weighted by atomic mass is 16.2. The molecule has 1 aromatic rings. The molecule has 3 N–H and O–H groups in total. The van der Waals surface area contributed by atoms with Crippen molar-refractivity contribution in [2.75, 3.05) is 12.4 Å². The van der Waals surface area contributed by atoms with Gasteiger partial charge in [-0.1, -0.05) is 12.1 Å². The Morgan fingerprint density at radius 1 is 1.26 bits per heavy atom. The Kier molecular flexibility index (Phi) is 3.01. The first-order valence-corrected chi connectivity index (χ1v) is 5.86. The summed E-state index contributed by atoms with van der Waals surface area (Å²) in [5.74, 6) is -0.839. The molecule has 0 saturated carbocycles. The summed E-state index contributed by atoms with van der Waals surface area (Å²) in [6.45, 7) is 3.47. The molecular formula is C13H15N3O3. The molecule has 0 atom stereocenters. The largest absolute Gasteiger partial charge is 0.341 e. The van der Waals surface area contributed by atoms with Gasteiger partial charge in [0.05, 0.1) is 16.7 Å². The Morgan fingerprint density at radius 3 is 2.58 bits per heavy atom. The Balaban J connectivity index is 2.57. The molecule has 0 spiro atoms. The van der Waals surface area contributed by atoms with Gasteiger partial charge >= 0.3 is 6.03 Å². The Labute approximate surface area is 110 Å². The van der Waals surface area contributed by atoms with E-state index in [1.165, 1.54) is 7.05 Å². The second kappa shape index (κ2) is 4.38. The summed E-state index contributed by atoms with van der Waals surface area (Å²) in [4.78, 5) is 35.2. The lowest BCUT2D eigenvalue weighted by Crippen LogP contribution is -2.49. The molecule has 0 unspecified atom stereocenters. The maximum Gasteiger partial charge on any atom is 0.318 e. The van der Waals surface area contributed by atoms with E-state index < -0.39 is 17.4 Å². The van der Waals surface area contributed by atoms with Gasteiger partial charge in [-0.25, -0.2) is 4.79 Å². The van der Waals surface area contributed by atoms with E-state index in [1.807, 2.05) is 0 Å². The summed E-state index contributed by atoms with van der Waals surface area (Å²) in [7, 11) is 1.48. The van der Waals surface area contributed by atoms with Crippen molar-refractivity contribution in [3.8, 4) is 0 Å². The predicted molar refractivity (Wildman–Crippen MR) is 70.0 cm³/mol. The maximum atomic E-state index is 12.0. The first kappa shape index (κ1) is 13.1. The summed E-state index contributed by atoms with van der Waals surface area (Å²) < 4.78 is 0. The Morgan fingerprint density at radius 2 is 1.95 bits per heavy atom. The van der Waals surface area contributed by atoms with Crippen molar-refractivity contribution in [2.24, 2.45) is 0 Å². The van der Waals surface area contributed by atoms with E-state index in [-0.39, 0.29) is 5.91 Å². The molecule has 1 heterocycles. The summed E-state index contributed by atoms with van der Waals surface area (Å²) in [6, 6.07) is 4.63. The third-order valence-corrected chi connectivity index (χ3v) is 3.23. The molecule has 1 aromatic carbocycles. The van der Waals surface area contributed by atoms with Crippen molar-refractivity contribution in [3.05, 3.63) is 29.3 Å². The molecule has 6 nitrogen and oxygen atoms in total. The molecule has 1 aliphatic heterocycles. The van der Waals surface area contributed by atoms with Gasteiger partial charge < -0.3 is 10.6 Å². The molecule has 0 saturated heterocycles. The number of nitrogens with one attached hydrogen (secondary N) is 3. The highest BCUT2D eigenvalue weighted by Gasteiger charge is 2.40. The lowest BCUT2D eigenvalue weighted by Gasteiger charge is -2.31. The predicted octanol–water partition coefficient (Wildman–Crippen LogP) is 0.985. The summed E-state index contributed by atoms with van der Waals surface area (Å²) in [5.41, 5.74) is 0.504. The molecule has 19 heavy (non-hydrogen) atoms. The number of carbonyl (C=O) groups excluding carboxylic acids is 3. The van der Waals surface area contributed by atoms with Crippen LogP contribution in [0, 0.1) is 0 Å². The minimum Gasteiger partial charge on any atom is -0.341 e. The third kappa shape index (κ3) is 2.05. The van der Waals surface area contributed by atoms with Gasteiger partial charge in [-0.3, -0.25) is 14.9 Å². The van der Waals surface area contributed by atoms with Crippen molar-refractivity contribution in [1.29, 1.82) is 0 Å². The van der Waals surface area contributed by atoms with E-state index in [9.17, 15) is 14.4 Å². The van der Waals surface area contributed by atoms with Crippen LogP contribution in [0.25, 0.3) is 0 Å². The number of benzene rings is 1. The molecular weight excluding hydrogens is 246 g/mol. The fraction of sp³-hybridized carbons (Fsp3) is 0.308. The van der Waals surface area contributed by atoms with E-state index in [4.69, 9.17) is 0 Å². The van der Waals surface area contributed by atoms with Crippen LogP contribution in [0.5, 0.6) is 0 Å². The van der Waals surface area contributed by atoms with E-state index in [2.05, 4.69) is 16.0 Å². The fourth-order valence-electron chi connectivity index (χ4n) is 2.05. The van der Waals surface area contributed by atoms with Crippen molar-refractivity contribution < 1.29 is 14.4 Å². The second-order valence-electron chi connectivity index (χ2n) is 4.84. The molecule has 1 aliphatic rings. The summed E-state index contributed by atoms with van der Waals surface area (Å²) in [5, 5.41) is 7.30. The first-order chi connectivity index (χ1) is 8.87. The maximum absolute atomic E-state index is 12.0. The number of imide groups is 1. The topological polar surface area (TPSA) is 87.3 Å². The van der Waals surface area contributed by atoms with E-state index in [0.717, 1.165) is 0 Å². The van der Waals surface area contributed by atoms with Crippen LogP contribution in [0.15, 0.2) is 18.2 Å². The lowest BCUT2D eigenvalue weighted by atomic mass is 9.77. The number of anilines is 1. The Hall–Kier alpha value is -2.37. The van der Waals surface area contributed by atoms with Crippen LogP contribution >= 0.6 is 0 Å². The van der Waals surface area contributed by atoms with Crippen LogP contribution < -0.4 is 16.0 Å². The van der Waals surface area contributed by atoms with Crippen molar-refractivity contribution in [2.45, 2.75) is 19.3 Å². The van der Waals surface area contributed by atoms with Crippen LogP contribution in [0.4, 0.5) is 10.5 Å². The number of hydrogen-bond donors (Lipinski definition) is 3. The van der Waals surface area contributed by atoms with Gasteiger partial charge in [-0.05, 0) is 25.5 Å². The molecule has 2 rings (SSSR count). The van der Waals surface area contributed by atoms with Gasteiger partial charge in [0.15, 0.2) is 0 Å². The zero-order valence-electron chi connectivity index (χ0n) is 11.0. The molecule has 0 aromatic heterocycles. The highest BCUT2D eigenvalue weighted by Crippen LogP contribution is 2.34. The SMILES string of the molecule is CNC(=O)Nc1cccc2c1C(=O)NC(=O)C2(C)C. The molecule has 0 aliphatic carbocycles. The smallest absolute Gasteiger partial charge is 0.318 e. The Bertz CT molecular complexity index is 578. The van der Waals surface area contributed by atoms with Crippen LogP contribution in [0.2, 0.25) is 0 Å². The zero-order chi connectivity index (χ0) is 14.2. The molecule has 0 fully saturated rings. The fourth-order valence-corrected chi connectivity index (χ4v) is 2.05. The van der Waals surface area contributed by atoms with Crippen molar-refractivity contribution in [1.82, 2.24) is 10.6 Å². The number of rotatable bonds is 1. The third-order valence-electron chi connectivity index (χ3n) is 3.23. The highest BCUT2D eigenvalue weighted by molar-refractivity contribution is 6.16. The van der Waals surface area contributed by atoms with Crippen LogP contribution in [-0.2, 0) is 10.2 Å². The van der Waals surface area contributed by atoms with Crippen molar-refractivity contribution in [3.63, 3.8) is 0 Å². The minimum atomic E-state index is -0.816. The zero-order valence-corrected chi connectivity index (χ0v) is 11.0. The quantitative estimate of drug-likeness (QED) is 0.659. The number of amides is 4. The number of urea groups is 1. The van der Waals surface area contributed by atoms with Gasteiger partial charge in [0.1, 0.15) is 0 Å². The monoisotopic (exact) mass is 261 g/mol. The van der Waals surface area contributed by atoms with Crippen LogP contribution in [0.3, 0.4) is 0 Å². The number of carbonyl (C=O) groups is 3. The van der Waals surface area contributed by atoms with Crippen LogP contribution in [0.1, 0.15) is 29.8 Å². The van der Waals surface area contributed by atoms with Gasteiger partial charge in [0, 0.05) is 7.05 Å². The minimum absolute atomic E-state index is 0.329. The van der Waals surface area contributed by atoms with E-state index >= 15 is 0 Å². The van der Waals surface area contributed by atoms with Crippen LogP contribution in [-0.4, -0.2) is 24.9 Å². The molecule has 4 amide bonds. The lowest BCUT2D eigenvalue weighted by molar-refractivity contribution is -0.125. The number of fused-ring (bicyclic) bond motifs is 1.